The zero-order chi connectivity index (χ0) is 24.5. The smallest absolute Gasteiger partial charge is 0.337 e. The second-order valence-corrected chi connectivity index (χ2v) is 10.5. The van der Waals surface area contributed by atoms with Crippen LogP contribution in [-0.2, 0) is 14.3 Å². The Morgan fingerprint density at radius 2 is 1.77 bits per heavy atom. The van der Waals surface area contributed by atoms with E-state index in [1.165, 1.54) is 0 Å². The first kappa shape index (κ1) is 23.9. The molecule has 0 bridgehead atoms. The number of nitrogens with one attached hydrogen (secondary N) is 1. The average molecular weight is 536 g/mol. The molecule has 1 N–H and O–H groups in total. The van der Waals surface area contributed by atoms with Gasteiger partial charge in [0.1, 0.15) is 11.9 Å². The van der Waals surface area contributed by atoms with E-state index in [0.29, 0.717) is 23.3 Å². The van der Waals surface area contributed by atoms with Crippen LogP contribution in [0, 0.1) is 0 Å². The zero-order valence-electron chi connectivity index (χ0n) is 20.1. The molecule has 2 aliphatic carbocycles. The van der Waals surface area contributed by atoms with Gasteiger partial charge in [0.05, 0.1) is 17.2 Å². The van der Waals surface area contributed by atoms with Crippen LogP contribution in [0.5, 0.6) is 5.75 Å². The second-order valence-electron chi connectivity index (χ2n) is 9.63. The van der Waals surface area contributed by atoms with Crippen molar-refractivity contribution in [1.82, 2.24) is 5.32 Å². The fourth-order valence-electron chi connectivity index (χ4n) is 5.69. The van der Waals surface area contributed by atoms with Gasteiger partial charge in [0.25, 0.3) is 0 Å². The second kappa shape index (κ2) is 10.0. The highest BCUT2D eigenvalue weighted by molar-refractivity contribution is 9.10. The largest absolute Gasteiger partial charge is 0.496 e. The summed E-state index contributed by atoms with van der Waals surface area (Å²) in [7, 11) is 1.62. The van der Waals surface area contributed by atoms with E-state index in [4.69, 9.17) is 9.47 Å². The van der Waals surface area contributed by atoms with Crippen molar-refractivity contribution in [3.8, 4) is 5.75 Å². The average Bonchev–Trinajstić information content (AvgIpc) is 3.36. The quantitative estimate of drug-likeness (QED) is 0.454. The van der Waals surface area contributed by atoms with E-state index < -0.39 is 5.92 Å². The van der Waals surface area contributed by atoms with Crippen molar-refractivity contribution in [3.63, 3.8) is 0 Å². The lowest BCUT2D eigenvalue weighted by Gasteiger charge is -2.37. The number of halogens is 1. The molecule has 1 fully saturated rings. The van der Waals surface area contributed by atoms with E-state index in [1.54, 1.807) is 7.11 Å². The molecule has 182 valence electrons. The lowest BCUT2D eigenvalue weighted by molar-refractivity contribution is -0.144. The summed E-state index contributed by atoms with van der Waals surface area (Å²) in [6, 6.07) is 15.9. The molecule has 3 aliphatic rings. The molecule has 5 nitrogen and oxygen atoms in total. The van der Waals surface area contributed by atoms with E-state index in [1.807, 2.05) is 43.3 Å². The van der Waals surface area contributed by atoms with E-state index in [9.17, 15) is 9.59 Å². The van der Waals surface area contributed by atoms with Crippen molar-refractivity contribution in [1.29, 1.82) is 0 Å². The lowest BCUT2D eigenvalue weighted by atomic mass is 9.71. The van der Waals surface area contributed by atoms with Gasteiger partial charge in [-0.05, 0) is 84.1 Å². The highest BCUT2D eigenvalue weighted by atomic mass is 79.9. The predicted molar refractivity (Wildman–Crippen MR) is 138 cm³/mol. The number of carbonyl (C=O) groups is 2. The Morgan fingerprint density at radius 1 is 1.03 bits per heavy atom. The first-order valence-electron chi connectivity index (χ1n) is 12.3. The Balaban J connectivity index is 1.57. The van der Waals surface area contributed by atoms with Gasteiger partial charge in [-0.2, -0.15) is 0 Å². The number of ketones is 1. The predicted octanol–water partition coefficient (Wildman–Crippen LogP) is 6.31. The number of allylic oxidation sites excluding steroid dienone is 3. The fourth-order valence-corrected chi connectivity index (χ4v) is 6.25. The maximum Gasteiger partial charge on any atom is 0.337 e. The minimum Gasteiger partial charge on any atom is -0.496 e. The van der Waals surface area contributed by atoms with Crippen LogP contribution < -0.4 is 10.1 Å². The van der Waals surface area contributed by atoms with Crippen molar-refractivity contribution in [3.05, 3.63) is 86.7 Å². The Morgan fingerprint density at radius 3 is 2.46 bits per heavy atom. The number of esters is 1. The third-order valence-corrected chi connectivity index (χ3v) is 8.02. The molecule has 5 rings (SSSR count). The van der Waals surface area contributed by atoms with E-state index in [-0.39, 0.29) is 23.8 Å². The monoisotopic (exact) mass is 535 g/mol. The van der Waals surface area contributed by atoms with Gasteiger partial charge in [-0.3, -0.25) is 4.79 Å². The molecule has 0 aromatic heterocycles. The van der Waals surface area contributed by atoms with Crippen molar-refractivity contribution in [2.45, 2.75) is 63.4 Å². The third-order valence-electron chi connectivity index (χ3n) is 7.40. The van der Waals surface area contributed by atoms with Crippen LogP contribution >= 0.6 is 15.9 Å². The van der Waals surface area contributed by atoms with Gasteiger partial charge in [-0.15, -0.1) is 0 Å². The third kappa shape index (κ3) is 4.68. The molecular formula is C29H30BrNO4. The SMILES string of the molecule is COc1ccc(C2C(C(=O)OC3CCCC3)=C(C)NC3=C2C(=O)CC(c2ccccc2)C3)cc1Br. The Bertz CT molecular complexity index is 1210. The van der Waals surface area contributed by atoms with E-state index >= 15 is 0 Å². The Kier molecular flexibility index (Phi) is 6.83. The van der Waals surface area contributed by atoms with Gasteiger partial charge < -0.3 is 14.8 Å². The highest BCUT2D eigenvalue weighted by Crippen LogP contribution is 2.47. The summed E-state index contributed by atoms with van der Waals surface area (Å²) in [4.78, 5) is 27.2. The van der Waals surface area contributed by atoms with Gasteiger partial charge in [-0.1, -0.05) is 36.4 Å². The van der Waals surface area contributed by atoms with E-state index in [0.717, 1.165) is 59.1 Å². The zero-order valence-corrected chi connectivity index (χ0v) is 21.7. The molecule has 35 heavy (non-hydrogen) atoms. The molecular weight excluding hydrogens is 506 g/mol. The first-order chi connectivity index (χ1) is 17.0. The van der Waals surface area contributed by atoms with Gasteiger partial charge in [-0.25, -0.2) is 4.79 Å². The molecule has 1 heterocycles. The standard InChI is InChI=1S/C29H30BrNO4/c1-17-26(29(33)35-21-10-6-7-11-21)27(19-12-13-25(34-2)22(30)14-19)28-23(31-17)15-20(16-24(28)32)18-8-4-3-5-9-18/h3-5,8-9,12-14,20-21,27,31H,6-7,10-11,15-16H2,1-2H3. The molecule has 2 unspecified atom stereocenters. The van der Waals surface area contributed by atoms with Crippen LogP contribution in [0.2, 0.25) is 0 Å². The van der Waals surface area contributed by atoms with Crippen molar-refractivity contribution in [2.24, 2.45) is 0 Å². The summed E-state index contributed by atoms with van der Waals surface area (Å²) in [5, 5.41) is 3.44. The van der Waals surface area contributed by atoms with Crippen molar-refractivity contribution < 1.29 is 19.1 Å². The minimum absolute atomic E-state index is 0.0500. The maximum absolute atomic E-state index is 13.7. The number of hydrogen-bond donors (Lipinski definition) is 1. The van der Waals surface area contributed by atoms with Gasteiger partial charge >= 0.3 is 5.97 Å². The molecule has 1 saturated carbocycles. The lowest BCUT2D eigenvalue weighted by Crippen LogP contribution is -2.36. The van der Waals surface area contributed by atoms with Crippen molar-refractivity contribution in [2.75, 3.05) is 7.11 Å². The molecule has 6 heteroatoms. The molecule has 2 aromatic rings. The summed E-state index contributed by atoms with van der Waals surface area (Å²) in [6.07, 6.45) is 5.05. The Labute approximate surface area is 214 Å². The number of carbonyl (C=O) groups excluding carboxylic acids is 2. The number of hydrogen-bond acceptors (Lipinski definition) is 5. The van der Waals surface area contributed by atoms with Crippen LogP contribution in [0.1, 0.15) is 68.4 Å². The fraction of sp³-hybridized carbons (Fsp3) is 0.379. The van der Waals surface area contributed by atoms with Crippen molar-refractivity contribution >= 4 is 27.7 Å². The topological polar surface area (TPSA) is 64.6 Å². The molecule has 1 aliphatic heterocycles. The molecule has 0 spiro atoms. The summed E-state index contributed by atoms with van der Waals surface area (Å²) in [5.74, 6) is 0.0722. The van der Waals surface area contributed by atoms with Gasteiger partial charge in [0.15, 0.2) is 5.78 Å². The number of dihydropyridines is 1. The molecule has 0 saturated heterocycles. The van der Waals surface area contributed by atoms with Crippen LogP contribution in [0.3, 0.4) is 0 Å². The summed E-state index contributed by atoms with van der Waals surface area (Å²) >= 11 is 3.59. The van der Waals surface area contributed by atoms with E-state index in [2.05, 4.69) is 33.4 Å². The number of benzene rings is 2. The highest BCUT2D eigenvalue weighted by Gasteiger charge is 2.42. The normalized spacial score (nSPS) is 22.7. The van der Waals surface area contributed by atoms with Crippen LogP contribution in [0.15, 0.2) is 75.5 Å². The first-order valence-corrected chi connectivity index (χ1v) is 13.1. The minimum atomic E-state index is -0.480. The molecule has 0 radical (unpaired) electrons. The van der Waals surface area contributed by atoms with Crippen LogP contribution in [0.25, 0.3) is 0 Å². The van der Waals surface area contributed by atoms with Gasteiger partial charge in [0.2, 0.25) is 0 Å². The van der Waals surface area contributed by atoms with Gasteiger partial charge in [0, 0.05) is 29.3 Å². The molecule has 2 aromatic carbocycles. The maximum atomic E-state index is 13.7. The van der Waals surface area contributed by atoms with Crippen LogP contribution in [0.4, 0.5) is 0 Å². The van der Waals surface area contributed by atoms with Crippen LogP contribution in [-0.4, -0.2) is 25.0 Å². The Hall–Kier alpha value is -2.86. The summed E-state index contributed by atoms with van der Waals surface area (Å²) < 4.78 is 12.1. The molecule has 2 atom stereocenters. The number of Topliss-reactive ketones (excluding diaryl/α,β-unsaturated/α-hetero) is 1. The summed E-state index contributed by atoms with van der Waals surface area (Å²) in [5.41, 5.74) is 4.89. The number of methoxy groups -OCH3 is 1. The number of rotatable bonds is 5. The number of ether oxygens (including phenoxy) is 2. The summed E-state index contributed by atoms with van der Waals surface area (Å²) in [6.45, 7) is 1.91. The molecule has 0 amide bonds.